The van der Waals surface area contributed by atoms with Gasteiger partial charge in [-0.25, -0.2) is 4.79 Å². The number of likely N-dealkylation sites (tertiary alicyclic amines) is 2. The number of benzene rings is 1. The Kier molecular flexibility index (Phi) is 9.38. The summed E-state index contributed by atoms with van der Waals surface area (Å²) in [5.41, 5.74) is 1.10. The largest absolute Gasteiger partial charge is 0.444 e. The molecule has 250 valence electrons. The topological polar surface area (TPSA) is 123 Å². The fourth-order valence-electron chi connectivity index (χ4n) is 7.55. The van der Waals surface area contributed by atoms with Crippen LogP contribution in [0.5, 0.6) is 0 Å². The van der Waals surface area contributed by atoms with Crippen molar-refractivity contribution in [3.63, 3.8) is 0 Å². The van der Waals surface area contributed by atoms with E-state index < -0.39 is 29.4 Å². The van der Waals surface area contributed by atoms with Gasteiger partial charge in [0.25, 0.3) is 11.8 Å². The lowest BCUT2D eigenvalue weighted by molar-refractivity contribution is -0.136. The highest BCUT2D eigenvalue weighted by atomic mass is 16.6. The molecule has 5 aliphatic heterocycles. The molecule has 0 radical (unpaired) electrons. The van der Waals surface area contributed by atoms with Crippen LogP contribution in [-0.4, -0.2) is 126 Å². The lowest BCUT2D eigenvalue weighted by atomic mass is 9.92. The maximum Gasteiger partial charge on any atom is 0.410 e. The van der Waals surface area contributed by atoms with Crippen molar-refractivity contribution in [1.29, 1.82) is 0 Å². The Bertz CT molecular complexity index is 1350. The first kappa shape index (κ1) is 32.4. The van der Waals surface area contributed by atoms with Crippen LogP contribution in [-0.2, 0) is 14.3 Å². The number of hydrogen-bond donors (Lipinski definition) is 1. The van der Waals surface area contributed by atoms with Gasteiger partial charge in [0.2, 0.25) is 11.8 Å². The number of carbonyl (C=O) groups is 5. The van der Waals surface area contributed by atoms with Gasteiger partial charge >= 0.3 is 6.09 Å². The number of piperazine rings is 1. The van der Waals surface area contributed by atoms with Crippen molar-refractivity contribution in [3.05, 3.63) is 29.3 Å². The van der Waals surface area contributed by atoms with Crippen LogP contribution in [0.15, 0.2) is 18.2 Å². The standard InChI is InChI=1S/C34H48N6O6/c1-34(2,3)46-33(45)39-14-10-24(11-15-39)21-36-12-8-23(9-13-36)22-37-16-18-38(19-17-37)25-4-5-26-27(20-25)32(44)40(31(26)43)28-6-7-29(41)35-30(28)42/h4-5,20,23-24,28H,6-19,21-22H2,1-3H3,(H,35,41,42). The van der Waals surface area contributed by atoms with E-state index in [1.807, 2.05) is 31.7 Å². The second-order valence-corrected chi connectivity index (χ2v) is 14.6. The van der Waals surface area contributed by atoms with E-state index in [1.54, 1.807) is 12.1 Å². The molecule has 4 fully saturated rings. The molecule has 1 unspecified atom stereocenters. The Hall–Kier alpha value is -3.51. The zero-order valence-electron chi connectivity index (χ0n) is 27.5. The highest BCUT2D eigenvalue weighted by Gasteiger charge is 2.45. The second kappa shape index (κ2) is 13.3. The van der Waals surface area contributed by atoms with E-state index in [0.29, 0.717) is 23.0 Å². The third-order valence-electron chi connectivity index (χ3n) is 10.2. The molecule has 0 aliphatic carbocycles. The van der Waals surface area contributed by atoms with Gasteiger partial charge in [-0.05, 0) is 96.0 Å². The van der Waals surface area contributed by atoms with Crippen molar-refractivity contribution in [2.24, 2.45) is 11.8 Å². The molecular weight excluding hydrogens is 588 g/mol. The predicted octanol–water partition coefficient (Wildman–Crippen LogP) is 2.57. The zero-order valence-corrected chi connectivity index (χ0v) is 27.5. The first-order valence-corrected chi connectivity index (χ1v) is 17.0. The van der Waals surface area contributed by atoms with Gasteiger partial charge in [0.15, 0.2) is 0 Å². The third kappa shape index (κ3) is 7.22. The molecule has 6 rings (SSSR count). The van der Waals surface area contributed by atoms with Crippen LogP contribution in [0.4, 0.5) is 10.5 Å². The van der Waals surface area contributed by atoms with Gasteiger partial charge in [0.05, 0.1) is 11.1 Å². The number of ether oxygens (including phenoxy) is 1. The number of carbonyl (C=O) groups excluding carboxylic acids is 5. The number of anilines is 1. The molecule has 46 heavy (non-hydrogen) atoms. The summed E-state index contributed by atoms with van der Waals surface area (Å²) >= 11 is 0. The van der Waals surface area contributed by atoms with Gasteiger partial charge in [0.1, 0.15) is 11.6 Å². The van der Waals surface area contributed by atoms with E-state index in [1.165, 1.54) is 12.8 Å². The minimum Gasteiger partial charge on any atom is -0.444 e. The van der Waals surface area contributed by atoms with Crippen LogP contribution in [0.25, 0.3) is 0 Å². The van der Waals surface area contributed by atoms with Crippen molar-refractivity contribution < 1.29 is 28.7 Å². The summed E-state index contributed by atoms with van der Waals surface area (Å²) in [6, 6.07) is 4.42. The lowest BCUT2D eigenvalue weighted by Gasteiger charge is -2.41. The smallest absolute Gasteiger partial charge is 0.410 e. The summed E-state index contributed by atoms with van der Waals surface area (Å²) in [6.45, 7) is 15.4. The van der Waals surface area contributed by atoms with Crippen LogP contribution >= 0.6 is 0 Å². The fraction of sp³-hybridized carbons (Fsp3) is 0.676. The fourth-order valence-corrected chi connectivity index (χ4v) is 7.55. The molecule has 1 N–H and O–H groups in total. The average Bonchev–Trinajstić information content (AvgIpc) is 3.26. The van der Waals surface area contributed by atoms with Crippen LogP contribution in [0.2, 0.25) is 0 Å². The van der Waals surface area contributed by atoms with E-state index in [4.69, 9.17) is 4.74 Å². The van der Waals surface area contributed by atoms with Crippen LogP contribution in [0.1, 0.15) is 80.0 Å². The van der Waals surface area contributed by atoms with Gasteiger partial charge in [-0.3, -0.25) is 34.3 Å². The Morgan fingerprint density at radius 2 is 1.37 bits per heavy atom. The maximum atomic E-state index is 13.2. The molecule has 5 aliphatic rings. The highest BCUT2D eigenvalue weighted by molar-refractivity contribution is 6.23. The maximum absolute atomic E-state index is 13.2. The van der Waals surface area contributed by atoms with Crippen molar-refractivity contribution in [2.75, 3.05) is 70.3 Å². The molecule has 1 atom stereocenters. The molecule has 4 saturated heterocycles. The van der Waals surface area contributed by atoms with Gasteiger partial charge < -0.3 is 19.4 Å². The quantitative estimate of drug-likeness (QED) is 0.470. The Morgan fingerprint density at radius 1 is 0.783 bits per heavy atom. The van der Waals surface area contributed by atoms with Crippen LogP contribution in [0, 0.1) is 11.8 Å². The summed E-state index contributed by atoms with van der Waals surface area (Å²) in [4.78, 5) is 72.9. The number of piperidine rings is 3. The Labute approximate surface area is 271 Å². The molecule has 1 aromatic rings. The molecule has 1 aromatic carbocycles. The number of nitrogens with zero attached hydrogens (tertiary/aromatic N) is 5. The van der Waals surface area contributed by atoms with Crippen LogP contribution in [0.3, 0.4) is 0 Å². The highest BCUT2D eigenvalue weighted by Crippen LogP contribution is 2.31. The first-order valence-electron chi connectivity index (χ1n) is 17.0. The minimum absolute atomic E-state index is 0.108. The Balaban J connectivity index is 0.923. The van der Waals surface area contributed by atoms with E-state index >= 15 is 0 Å². The van der Waals surface area contributed by atoms with E-state index in [0.717, 1.165) is 88.9 Å². The molecule has 0 aromatic heterocycles. The molecule has 0 bridgehead atoms. The molecule has 0 saturated carbocycles. The molecular formula is C34H48N6O6. The normalized spacial score (nSPS) is 24.4. The predicted molar refractivity (Wildman–Crippen MR) is 171 cm³/mol. The minimum atomic E-state index is -0.951. The SMILES string of the molecule is CC(C)(C)OC(=O)N1CCC(CN2CCC(CN3CCN(c4ccc5c(c4)C(=O)N(C4CCC(=O)NC4=O)C5=O)CC3)CC2)CC1. The Morgan fingerprint density at radius 3 is 1.98 bits per heavy atom. The monoisotopic (exact) mass is 636 g/mol. The van der Waals surface area contributed by atoms with Gasteiger partial charge in [-0.1, -0.05) is 0 Å². The number of nitrogens with one attached hydrogen (secondary N) is 1. The van der Waals surface area contributed by atoms with E-state index in [-0.39, 0.29) is 24.8 Å². The number of rotatable bonds is 6. The lowest BCUT2D eigenvalue weighted by Crippen LogP contribution is -2.54. The summed E-state index contributed by atoms with van der Waals surface area (Å²) in [5.74, 6) is -0.580. The molecule has 5 heterocycles. The van der Waals surface area contributed by atoms with Crippen molar-refractivity contribution in [2.45, 2.75) is 70.9 Å². The second-order valence-electron chi connectivity index (χ2n) is 14.6. The van der Waals surface area contributed by atoms with Gasteiger partial charge in [-0.15, -0.1) is 0 Å². The summed E-state index contributed by atoms with van der Waals surface area (Å²) in [6.07, 6.45) is 4.57. The summed E-state index contributed by atoms with van der Waals surface area (Å²) in [7, 11) is 0. The average molecular weight is 637 g/mol. The number of hydrogen-bond acceptors (Lipinski definition) is 9. The van der Waals surface area contributed by atoms with Crippen molar-refractivity contribution in [1.82, 2.24) is 24.9 Å². The number of imide groups is 2. The number of fused-ring (bicyclic) bond motifs is 1. The molecule has 0 spiro atoms. The number of amides is 5. The van der Waals surface area contributed by atoms with E-state index in [9.17, 15) is 24.0 Å². The molecule has 12 nitrogen and oxygen atoms in total. The summed E-state index contributed by atoms with van der Waals surface area (Å²) < 4.78 is 5.54. The van der Waals surface area contributed by atoms with Crippen LogP contribution < -0.4 is 10.2 Å². The third-order valence-corrected chi connectivity index (χ3v) is 10.2. The van der Waals surface area contributed by atoms with Gasteiger partial charge in [-0.2, -0.15) is 0 Å². The van der Waals surface area contributed by atoms with Crippen molar-refractivity contribution in [3.8, 4) is 0 Å². The van der Waals surface area contributed by atoms with Crippen molar-refractivity contribution >= 4 is 35.4 Å². The molecule has 12 heteroatoms. The summed E-state index contributed by atoms with van der Waals surface area (Å²) in [5, 5.41) is 2.24. The first-order chi connectivity index (χ1) is 21.9. The van der Waals surface area contributed by atoms with Gasteiger partial charge in [0, 0.05) is 64.5 Å². The zero-order chi connectivity index (χ0) is 32.6. The molecule has 5 amide bonds. The van der Waals surface area contributed by atoms with E-state index in [2.05, 4.69) is 20.0 Å².